The van der Waals surface area contributed by atoms with Crippen LogP contribution in [-0.4, -0.2) is 35.5 Å². The van der Waals surface area contributed by atoms with Gasteiger partial charge < -0.3 is 0 Å². The summed E-state index contributed by atoms with van der Waals surface area (Å²) in [4.78, 5) is 4.47. The number of para-hydroxylation sites is 3. The quantitative estimate of drug-likeness (QED) is 0.329. The molecular weight excluding hydrogens is 458 g/mol. The molecule has 1 unspecified atom stereocenters. The molecule has 10 heteroatoms. The summed E-state index contributed by atoms with van der Waals surface area (Å²) >= 11 is 1.37. The Morgan fingerprint density at radius 3 is 1.85 bits per heavy atom. The van der Waals surface area contributed by atoms with Crippen LogP contribution in [0.5, 0.6) is 0 Å². The van der Waals surface area contributed by atoms with E-state index >= 15 is 0 Å². The van der Waals surface area contributed by atoms with Gasteiger partial charge in [0.15, 0.2) is 11.4 Å². The molecule has 33 heavy (non-hydrogen) atoms. The second kappa shape index (κ2) is 8.25. The van der Waals surface area contributed by atoms with Gasteiger partial charge >= 0.3 is 15.6 Å². The summed E-state index contributed by atoms with van der Waals surface area (Å²) in [5.41, 5.74) is 0.604. The third-order valence-corrected chi connectivity index (χ3v) is 7.44. The van der Waals surface area contributed by atoms with Gasteiger partial charge in [-0.2, -0.15) is 8.42 Å². The van der Waals surface area contributed by atoms with E-state index in [1.54, 1.807) is 18.4 Å². The molecule has 0 bridgehead atoms. The lowest BCUT2D eigenvalue weighted by Crippen LogP contribution is -2.63. The zero-order chi connectivity index (χ0) is 23.1. The number of hydrogen-bond acceptors (Lipinski definition) is 7. The van der Waals surface area contributed by atoms with E-state index in [1.165, 1.54) is 16.3 Å². The lowest BCUT2D eigenvalue weighted by atomic mass is 10.2. The number of nitrogens with zero attached hydrogens (tertiary/aromatic N) is 5. The summed E-state index contributed by atoms with van der Waals surface area (Å²) in [6.07, 6.45) is 1.66. The van der Waals surface area contributed by atoms with E-state index in [9.17, 15) is 13.0 Å². The fraction of sp³-hybridized carbons (Fsp3) is 0.0870. The summed E-state index contributed by atoms with van der Waals surface area (Å²) in [5, 5.41) is 7.45. The van der Waals surface area contributed by atoms with Gasteiger partial charge in [-0.3, -0.25) is 4.55 Å². The Hall–Kier alpha value is -3.28. The summed E-state index contributed by atoms with van der Waals surface area (Å²) in [6, 6.07) is 28.1. The highest BCUT2D eigenvalue weighted by Crippen LogP contribution is 2.50. The number of anilines is 2. The van der Waals surface area contributed by atoms with Crippen LogP contribution in [0.15, 0.2) is 103 Å². The molecule has 0 amide bonds. The van der Waals surface area contributed by atoms with Crippen LogP contribution in [0.25, 0.3) is 0 Å². The summed E-state index contributed by atoms with van der Waals surface area (Å²) < 4.78 is 36.6. The first kappa shape index (κ1) is 21.6. The minimum absolute atomic E-state index is 0.347. The Morgan fingerprint density at radius 1 is 0.879 bits per heavy atom. The molecular formula is C23H22N5O3S2+. The van der Waals surface area contributed by atoms with Crippen molar-refractivity contribution in [2.24, 2.45) is 0 Å². The molecule has 0 saturated carbocycles. The molecule has 8 nitrogen and oxygen atoms in total. The average molecular weight is 481 g/mol. The van der Waals surface area contributed by atoms with Gasteiger partial charge in [0.2, 0.25) is 5.13 Å². The molecule has 3 aromatic carbocycles. The molecule has 1 aliphatic heterocycles. The molecule has 0 aliphatic carbocycles. The number of hydrogen-bond donors (Lipinski definition) is 1. The predicted octanol–water partition coefficient (Wildman–Crippen LogP) is 4.66. The molecule has 1 aromatic heterocycles. The second-order valence-corrected chi connectivity index (χ2v) is 9.83. The van der Waals surface area contributed by atoms with Crippen molar-refractivity contribution >= 4 is 43.6 Å². The zero-order valence-corrected chi connectivity index (χ0v) is 19.3. The van der Waals surface area contributed by atoms with E-state index < -0.39 is 15.6 Å². The maximum Gasteiger partial charge on any atom is 0.340 e. The molecule has 1 N–H and O–H groups in total. The van der Waals surface area contributed by atoms with Crippen LogP contribution in [0, 0.1) is 0 Å². The van der Waals surface area contributed by atoms with Crippen LogP contribution < -0.4 is 14.8 Å². The predicted molar refractivity (Wildman–Crippen MR) is 131 cm³/mol. The lowest BCUT2D eigenvalue weighted by Gasteiger charge is -2.41. The van der Waals surface area contributed by atoms with Gasteiger partial charge in [0.1, 0.15) is 5.69 Å². The maximum absolute atomic E-state index is 13.1. The van der Waals surface area contributed by atoms with E-state index in [0.717, 1.165) is 5.69 Å². The third-order valence-electron chi connectivity index (χ3n) is 5.56. The number of aromatic nitrogens is 1. The molecule has 2 heterocycles. The molecule has 0 spiro atoms. The van der Waals surface area contributed by atoms with E-state index in [4.69, 9.17) is 0 Å². The van der Waals surface area contributed by atoms with Crippen molar-refractivity contribution in [1.82, 2.24) is 14.6 Å². The highest BCUT2D eigenvalue weighted by atomic mass is 32.2. The molecule has 1 aliphatic rings. The minimum Gasteiger partial charge on any atom is -0.280 e. The standard InChI is InChI=1S/C23H21N5O3S2/c1-25-23(33(29,30)31)28(20-13-7-3-8-14-20,21-15-9-4-10-16-21)27(19-11-5-2-6-12-19)26(25)22-24-17-18-32-22/h2-18,23H,1H3/p+1. The SMILES string of the molecule is CN1C(S(=O)(=O)O)[N+](c2ccccc2)(c2ccccc2)N(c2ccccc2)N1c1nccs1. The van der Waals surface area contributed by atoms with Crippen LogP contribution in [0.1, 0.15) is 0 Å². The molecule has 4 aromatic rings. The van der Waals surface area contributed by atoms with Crippen molar-refractivity contribution < 1.29 is 13.0 Å². The van der Waals surface area contributed by atoms with Crippen molar-refractivity contribution in [2.45, 2.75) is 5.50 Å². The number of benzene rings is 3. The number of quaternary nitrogens is 1. The van der Waals surface area contributed by atoms with Crippen molar-refractivity contribution in [2.75, 3.05) is 17.3 Å². The fourth-order valence-corrected chi connectivity index (χ4v) is 6.26. The average Bonchev–Trinajstić information content (AvgIpc) is 3.45. The number of rotatable bonds is 5. The lowest BCUT2D eigenvalue weighted by molar-refractivity contribution is 0.259. The van der Waals surface area contributed by atoms with E-state index in [-0.39, 0.29) is 4.59 Å². The van der Waals surface area contributed by atoms with E-state index in [2.05, 4.69) is 4.98 Å². The van der Waals surface area contributed by atoms with Gasteiger partial charge in [-0.05, 0) is 12.1 Å². The first-order valence-electron chi connectivity index (χ1n) is 10.2. The highest BCUT2D eigenvalue weighted by molar-refractivity contribution is 7.86. The molecule has 0 radical (unpaired) electrons. The molecule has 5 rings (SSSR count). The summed E-state index contributed by atoms with van der Waals surface area (Å²) in [5.74, 6) is 0. The van der Waals surface area contributed by atoms with Crippen LogP contribution >= 0.6 is 11.3 Å². The van der Waals surface area contributed by atoms with Crippen molar-refractivity contribution in [3.8, 4) is 0 Å². The van der Waals surface area contributed by atoms with Crippen molar-refractivity contribution in [3.63, 3.8) is 0 Å². The van der Waals surface area contributed by atoms with Crippen LogP contribution in [-0.2, 0) is 10.1 Å². The van der Waals surface area contributed by atoms with Gasteiger partial charge in [-0.25, -0.2) is 4.98 Å². The molecule has 1 saturated heterocycles. The van der Waals surface area contributed by atoms with Gasteiger partial charge in [0, 0.05) is 42.9 Å². The Balaban J connectivity index is 1.94. The number of thiazole rings is 1. The Bertz CT molecular complexity index is 1280. The van der Waals surface area contributed by atoms with Crippen molar-refractivity contribution in [3.05, 3.63) is 103 Å². The number of hydrazine groups is 2. The van der Waals surface area contributed by atoms with Crippen LogP contribution in [0.2, 0.25) is 0 Å². The van der Waals surface area contributed by atoms with Gasteiger partial charge in [0.05, 0.1) is 0 Å². The van der Waals surface area contributed by atoms with Gasteiger partial charge in [-0.15, -0.1) is 26.1 Å². The molecule has 168 valence electrons. The van der Waals surface area contributed by atoms with Crippen LogP contribution in [0.3, 0.4) is 0 Å². The highest BCUT2D eigenvalue weighted by Gasteiger charge is 2.66. The Labute approximate surface area is 196 Å². The summed E-state index contributed by atoms with van der Waals surface area (Å²) in [7, 11) is -2.99. The first-order valence-corrected chi connectivity index (χ1v) is 12.6. The monoisotopic (exact) mass is 480 g/mol. The third kappa shape index (κ3) is 3.39. The Morgan fingerprint density at radius 2 is 1.39 bits per heavy atom. The minimum atomic E-state index is -4.63. The smallest absolute Gasteiger partial charge is 0.280 e. The largest absolute Gasteiger partial charge is 0.340 e. The van der Waals surface area contributed by atoms with Crippen LogP contribution in [0.4, 0.5) is 22.2 Å². The van der Waals surface area contributed by atoms with Gasteiger partial charge in [-0.1, -0.05) is 59.7 Å². The molecule has 1 fully saturated rings. The zero-order valence-electron chi connectivity index (χ0n) is 17.7. The maximum atomic E-state index is 13.1. The summed E-state index contributed by atoms with van der Waals surface area (Å²) in [6.45, 7) is 0. The van der Waals surface area contributed by atoms with E-state index in [0.29, 0.717) is 16.5 Å². The van der Waals surface area contributed by atoms with Crippen molar-refractivity contribution in [1.29, 1.82) is 0 Å². The van der Waals surface area contributed by atoms with E-state index in [1.807, 2.05) is 101 Å². The molecule has 1 atom stereocenters. The normalized spacial score (nSPS) is 18.5. The Kier molecular flexibility index (Phi) is 5.39. The fourth-order valence-electron chi connectivity index (χ4n) is 4.40. The topological polar surface area (TPSA) is 77.0 Å². The second-order valence-electron chi connectivity index (χ2n) is 7.50. The first-order chi connectivity index (χ1) is 16.0. The van der Waals surface area contributed by atoms with Gasteiger partial charge in [0.25, 0.3) is 0 Å².